The summed E-state index contributed by atoms with van der Waals surface area (Å²) in [6, 6.07) is 7.78. The van der Waals surface area contributed by atoms with Crippen LogP contribution in [0.5, 0.6) is 0 Å². The number of benzene rings is 1. The van der Waals surface area contributed by atoms with E-state index in [4.69, 9.17) is 4.74 Å². The number of nitrogens with zero attached hydrogens (tertiary/aromatic N) is 3. The Morgan fingerprint density at radius 3 is 2.75 bits per heavy atom. The number of nitrogens with one attached hydrogen (secondary N) is 1. The molecule has 1 aromatic heterocycles. The van der Waals surface area contributed by atoms with Gasteiger partial charge >= 0.3 is 6.09 Å². The van der Waals surface area contributed by atoms with Crippen LogP contribution in [-0.2, 0) is 4.74 Å². The lowest BCUT2D eigenvalue weighted by Gasteiger charge is -2.05. The van der Waals surface area contributed by atoms with Gasteiger partial charge in [-0.3, -0.25) is 0 Å². The number of rotatable bonds is 4. The van der Waals surface area contributed by atoms with E-state index < -0.39 is 6.09 Å². The van der Waals surface area contributed by atoms with Crippen molar-refractivity contribution in [1.82, 2.24) is 15.0 Å². The van der Waals surface area contributed by atoms with E-state index in [2.05, 4.69) is 15.5 Å². The third kappa shape index (κ3) is 3.44. The summed E-state index contributed by atoms with van der Waals surface area (Å²) < 4.78 is 6.64. The van der Waals surface area contributed by atoms with Gasteiger partial charge in [-0.15, -0.1) is 0 Å². The molecule has 0 aliphatic rings. The predicted molar refractivity (Wildman–Crippen MR) is 75.9 cm³/mol. The number of carbonyl (C=O) groups excluding carboxylic acids is 1. The molecule has 104 valence electrons. The van der Waals surface area contributed by atoms with Crippen LogP contribution >= 0.6 is 0 Å². The van der Waals surface area contributed by atoms with Crippen LogP contribution in [0, 0.1) is 0 Å². The molecular weight excluding hydrogens is 256 g/mol. The summed E-state index contributed by atoms with van der Waals surface area (Å²) in [5.41, 5.74) is 4.97. The summed E-state index contributed by atoms with van der Waals surface area (Å²) in [7, 11) is 0. The molecular formula is C14H16N4O2. The molecule has 0 radical (unpaired) electrons. The number of amides is 1. The smallest absolute Gasteiger partial charge is 0.427 e. The van der Waals surface area contributed by atoms with Crippen molar-refractivity contribution in [3.63, 3.8) is 0 Å². The Hall–Kier alpha value is -2.63. The van der Waals surface area contributed by atoms with Crippen LogP contribution in [0.25, 0.3) is 5.69 Å². The minimum Gasteiger partial charge on any atom is -0.449 e. The normalized spacial score (nSPS) is 11.2. The SMILES string of the molecule is CCOC(=O)N/N=C(/C)c1ccc(-n2ccnc2)cc1. The lowest BCUT2D eigenvalue weighted by Crippen LogP contribution is -2.20. The minimum absolute atomic E-state index is 0.319. The molecule has 0 spiro atoms. The molecule has 1 aromatic carbocycles. The Balaban J connectivity index is 2.06. The average molecular weight is 272 g/mol. The van der Waals surface area contributed by atoms with Crippen LogP contribution in [0.2, 0.25) is 0 Å². The number of hydrogen-bond acceptors (Lipinski definition) is 4. The van der Waals surface area contributed by atoms with E-state index in [0.29, 0.717) is 12.3 Å². The fourth-order valence-corrected chi connectivity index (χ4v) is 1.64. The van der Waals surface area contributed by atoms with E-state index in [1.165, 1.54) is 0 Å². The molecule has 6 nitrogen and oxygen atoms in total. The molecule has 2 aromatic rings. The molecule has 0 atom stereocenters. The third-order valence-corrected chi connectivity index (χ3v) is 2.68. The van der Waals surface area contributed by atoms with E-state index in [9.17, 15) is 4.79 Å². The van der Waals surface area contributed by atoms with Gasteiger partial charge in [0, 0.05) is 18.1 Å². The van der Waals surface area contributed by atoms with Gasteiger partial charge in [0.2, 0.25) is 0 Å². The second-order valence-electron chi connectivity index (χ2n) is 4.05. The maximum absolute atomic E-state index is 11.1. The first-order valence-electron chi connectivity index (χ1n) is 6.26. The van der Waals surface area contributed by atoms with Gasteiger partial charge < -0.3 is 9.30 Å². The summed E-state index contributed by atoms with van der Waals surface area (Å²) in [4.78, 5) is 15.1. The van der Waals surface area contributed by atoms with Crippen LogP contribution < -0.4 is 5.43 Å². The fraction of sp³-hybridized carbons (Fsp3) is 0.214. The average Bonchev–Trinajstić information content (AvgIpc) is 2.99. The van der Waals surface area contributed by atoms with Crippen LogP contribution in [0.1, 0.15) is 19.4 Å². The molecule has 6 heteroatoms. The number of ether oxygens (including phenoxy) is 1. The highest BCUT2D eigenvalue weighted by atomic mass is 16.5. The summed E-state index contributed by atoms with van der Waals surface area (Å²) in [5, 5.41) is 3.98. The maximum Gasteiger partial charge on any atom is 0.427 e. The van der Waals surface area contributed by atoms with E-state index in [1.807, 2.05) is 42.0 Å². The Kier molecular flexibility index (Phi) is 4.49. The molecule has 0 aliphatic heterocycles. The van der Waals surface area contributed by atoms with Crippen molar-refractivity contribution in [1.29, 1.82) is 0 Å². The van der Waals surface area contributed by atoms with E-state index in [0.717, 1.165) is 11.3 Å². The molecule has 0 unspecified atom stereocenters. The number of aromatic nitrogens is 2. The Bertz CT molecular complexity index is 588. The Labute approximate surface area is 117 Å². The molecule has 1 heterocycles. The molecule has 20 heavy (non-hydrogen) atoms. The second kappa shape index (κ2) is 6.51. The van der Waals surface area contributed by atoms with Crippen molar-refractivity contribution < 1.29 is 9.53 Å². The van der Waals surface area contributed by atoms with Crippen molar-refractivity contribution in [3.8, 4) is 5.69 Å². The van der Waals surface area contributed by atoms with Crippen molar-refractivity contribution in [2.75, 3.05) is 6.61 Å². The van der Waals surface area contributed by atoms with Gasteiger partial charge in [-0.1, -0.05) is 12.1 Å². The van der Waals surface area contributed by atoms with Crippen LogP contribution in [0.15, 0.2) is 48.1 Å². The van der Waals surface area contributed by atoms with Gasteiger partial charge in [0.15, 0.2) is 0 Å². The summed E-state index contributed by atoms with van der Waals surface area (Å²) >= 11 is 0. The van der Waals surface area contributed by atoms with Crippen molar-refractivity contribution in [3.05, 3.63) is 48.5 Å². The van der Waals surface area contributed by atoms with Gasteiger partial charge in [-0.2, -0.15) is 5.10 Å². The molecule has 0 saturated carbocycles. The first-order valence-corrected chi connectivity index (χ1v) is 6.26. The van der Waals surface area contributed by atoms with E-state index in [-0.39, 0.29) is 0 Å². The summed E-state index contributed by atoms with van der Waals surface area (Å²) in [6.07, 6.45) is 4.78. The molecule has 1 N–H and O–H groups in total. The lowest BCUT2D eigenvalue weighted by atomic mass is 10.1. The monoisotopic (exact) mass is 272 g/mol. The minimum atomic E-state index is -0.554. The summed E-state index contributed by atoms with van der Waals surface area (Å²) in [5.74, 6) is 0. The number of hydrogen-bond donors (Lipinski definition) is 1. The molecule has 0 fully saturated rings. The van der Waals surface area contributed by atoms with Gasteiger partial charge in [0.25, 0.3) is 0 Å². The topological polar surface area (TPSA) is 68.5 Å². The van der Waals surface area contributed by atoms with E-state index >= 15 is 0 Å². The first kappa shape index (κ1) is 13.8. The quantitative estimate of drug-likeness (QED) is 0.686. The largest absolute Gasteiger partial charge is 0.449 e. The fourth-order valence-electron chi connectivity index (χ4n) is 1.64. The number of hydrazone groups is 1. The van der Waals surface area contributed by atoms with Crippen LogP contribution in [0.3, 0.4) is 0 Å². The highest BCUT2D eigenvalue weighted by molar-refractivity contribution is 5.99. The first-order chi connectivity index (χ1) is 9.70. The van der Waals surface area contributed by atoms with Crippen LogP contribution in [0.4, 0.5) is 4.79 Å². The van der Waals surface area contributed by atoms with Gasteiger partial charge in [0.1, 0.15) is 0 Å². The summed E-state index contributed by atoms with van der Waals surface area (Å²) in [6.45, 7) is 3.88. The second-order valence-corrected chi connectivity index (χ2v) is 4.05. The molecule has 0 saturated heterocycles. The predicted octanol–water partition coefficient (Wildman–Crippen LogP) is 2.34. The number of imidazole rings is 1. The Morgan fingerprint density at radius 1 is 1.40 bits per heavy atom. The van der Waals surface area contributed by atoms with Crippen molar-refractivity contribution >= 4 is 11.8 Å². The standard InChI is InChI=1S/C14H16N4O2/c1-3-20-14(19)17-16-11(2)12-4-6-13(7-5-12)18-9-8-15-10-18/h4-10H,3H2,1-2H3,(H,17,19)/b16-11-. The highest BCUT2D eigenvalue weighted by Gasteiger charge is 2.01. The van der Waals surface area contributed by atoms with Gasteiger partial charge in [-0.25, -0.2) is 15.2 Å². The van der Waals surface area contributed by atoms with E-state index in [1.54, 1.807) is 19.4 Å². The lowest BCUT2D eigenvalue weighted by molar-refractivity contribution is 0.152. The van der Waals surface area contributed by atoms with Crippen molar-refractivity contribution in [2.45, 2.75) is 13.8 Å². The van der Waals surface area contributed by atoms with Gasteiger partial charge in [0.05, 0.1) is 18.6 Å². The molecule has 0 aliphatic carbocycles. The zero-order valence-corrected chi connectivity index (χ0v) is 11.4. The molecule has 2 rings (SSSR count). The zero-order valence-electron chi connectivity index (χ0n) is 11.4. The zero-order chi connectivity index (χ0) is 14.4. The Morgan fingerprint density at radius 2 is 2.15 bits per heavy atom. The van der Waals surface area contributed by atoms with Crippen LogP contribution in [-0.4, -0.2) is 28.0 Å². The third-order valence-electron chi connectivity index (χ3n) is 2.68. The number of carbonyl (C=O) groups is 1. The molecule has 0 bridgehead atoms. The highest BCUT2D eigenvalue weighted by Crippen LogP contribution is 2.09. The molecule has 1 amide bonds. The maximum atomic E-state index is 11.1. The van der Waals surface area contributed by atoms with Gasteiger partial charge in [-0.05, 0) is 31.5 Å². The van der Waals surface area contributed by atoms with Crippen molar-refractivity contribution in [2.24, 2.45) is 5.10 Å².